The van der Waals surface area contributed by atoms with Gasteiger partial charge in [0.25, 0.3) is 5.91 Å². The highest BCUT2D eigenvalue weighted by Crippen LogP contribution is 2.22. The highest BCUT2D eigenvalue weighted by molar-refractivity contribution is 5.97. The zero-order valence-corrected chi connectivity index (χ0v) is 11.4. The number of hydrogen-bond acceptors (Lipinski definition) is 3. The molecular formula is C14H23N3O. The Morgan fingerprint density at radius 2 is 2.11 bits per heavy atom. The molecule has 18 heavy (non-hydrogen) atoms. The lowest BCUT2D eigenvalue weighted by Crippen LogP contribution is -2.31. The predicted molar refractivity (Wildman–Crippen MR) is 71.6 cm³/mol. The topological polar surface area (TPSA) is 56.1 Å². The standard InChI is InChI=1S/C14H23N3O/c1-3-9-16-14(18)12(10-15)11-17(2)13-7-5-4-6-8-13/h11,13H,3-9H2,1-2H3,(H,16,18)/b12-11-. The second-order valence-corrected chi connectivity index (χ2v) is 4.87. The van der Waals surface area contributed by atoms with E-state index in [0.717, 1.165) is 19.3 Å². The average molecular weight is 249 g/mol. The van der Waals surface area contributed by atoms with Gasteiger partial charge < -0.3 is 10.2 Å². The fraction of sp³-hybridized carbons (Fsp3) is 0.714. The minimum atomic E-state index is -0.262. The zero-order valence-electron chi connectivity index (χ0n) is 11.4. The van der Waals surface area contributed by atoms with Gasteiger partial charge in [0.05, 0.1) is 0 Å². The highest BCUT2D eigenvalue weighted by atomic mass is 16.1. The van der Waals surface area contributed by atoms with Crippen LogP contribution in [0.5, 0.6) is 0 Å². The minimum Gasteiger partial charge on any atom is -0.376 e. The van der Waals surface area contributed by atoms with E-state index < -0.39 is 0 Å². The monoisotopic (exact) mass is 249 g/mol. The van der Waals surface area contributed by atoms with Gasteiger partial charge in [0.1, 0.15) is 11.6 Å². The normalized spacial score (nSPS) is 17.1. The fourth-order valence-corrected chi connectivity index (χ4v) is 2.27. The first-order chi connectivity index (χ1) is 8.69. The van der Waals surface area contributed by atoms with Crippen molar-refractivity contribution >= 4 is 5.91 Å². The van der Waals surface area contributed by atoms with Gasteiger partial charge in [-0.15, -0.1) is 0 Å². The summed E-state index contributed by atoms with van der Waals surface area (Å²) in [6, 6.07) is 2.46. The van der Waals surface area contributed by atoms with E-state index >= 15 is 0 Å². The van der Waals surface area contributed by atoms with Crippen LogP contribution in [0.2, 0.25) is 0 Å². The molecule has 0 spiro atoms. The van der Waals surface area contributed by atoms with Gasteiger partial charge in [0, 0.05) is 25.8 Å². The summed E-state index contributed by atoms with van der Waals surface area (Å²) in [7, 11) is 1.96. The Balaban J connectivity index is 2.59. The summed E-state index contributed by atoms with van der Waals surface area (Å²) in [4.78, 5) is 13.8. The summed E-state index contributed by atoms with van der Waals surface area (Å²) in [6.07, 6.45) is 8.67. The summed E-state index contributed by atoms with van der Waals surface area (Å²) in [5, 5.41) is 11.8. The Morgan fingerprint density at radius 3 is 2.67 bits per heavy atom. The predicted octanol–water partition coefficient (Wildman–Crippen LogP) is 2.18. The number of carbonyl (C=O) groups is 1. The maximum absolute atomic E-state index is 11.7. The van der Waals surface area contributed by atoms with Crippen LogP contribution in [0.4, 0.5) is 0 Å². The lowest BCUT2D eigenvalue weighted by molar-refractivity contribution is -0.117. The first kappa shape index (κ1) is 14.6. The Hall–Kier alpha value is -1.50. The summed E-state index contributed by atoms with van der Waals surface area (Å²) in [5.41, 5.74) is 0.205. The molecule has 1 fully saturated rings. The van der Waals surface area contributed by atoms with E-state index in [1.54, 1.807) is 6.20 Å². The first-order valence-corrected chi connectivity index (χ1v) is 6.81. The molecule has 0 aromatic rings. The van der Waals surface area contributed by atoms with E-state index in [1.165, 1.54) is 19.3 Å². The first-order valence-electron chi connectivity index (χ1n) is 6.81. The van der Waals surface area contributed by atoms with Gasteiger partial charge in [-0.25, -0.2) is 0 Å². The van der Waals surface area contributed by atoms with Gasteiger partial charge in [0.15, 0.2) is 0 Å². The highest BCUT2D eigenvalue weighted by Gasteiger charge is 2.17. The van der Waals surface area contributed by atoms with Gasteiger partial charge in [-0.1, -0.05) is 26.2 Å². The van der Waals surface area contributed by atoms with Crippen molar-refractivity contribution < 1.29 is 4.79 Å². The Bertz CT molecular complexity index is 337. The van der Waals surface area contributed by atoms with E-state index in [2.05, 4.69) is 5.32 Å². The number of nitrogens with zero attached hydrogens (tertiary/aromatic N) is 2. The third kappa shape index (κ3) is 4.40. The molecule has 100 valence electrons. The third-order valence-corrected chi connectivity index (χ3v) is 3.38. The van der Waals surface area contributed by atoms with Crippen molar-refractivity contribution in [2.45, 2.75) is 51.5 Å². The van der Waals surface area contributed by atoms with Crippen LogP contribution in [0.1, 0.15) is 45.4 Å². The third-order valence-electron chi connectivity index (χ3n) is 3.38. The summed E-state index contributed by atoms with van der Waals surface area (Å²) < 4.78 is 0. The molecule has 0 atom stereocenters. The summed E-state index contributed by atoms with van der Waals surface area (Å²) in [6.45, 7) is 2.61. The van der Waals surface area contributed by atoms with Gasteiger partial charge in [-0.3, -0.25) is 4.79 Å². The number of rotatable bonds is 5. The molecule has 0 bridgehead atoms. The molecule has 0 aromatic heterocycles. The lowest BCUT2D eigenvalue weighted by atomic mass is 9.94. The van der Waals surface area contributed by atoms with E-state index in [0.29, 0.717) is 12.6 Å². The van der Waals surface area contributed by atoms with Crippen LogP contribution in [0.25, 0.3) is 0 Å². The van der Waals surface area contributed by atoms with Crippen molar-refractivity contribution in [3.05, 3.63) is 11.8 Å². The van der Waals surface area contributed by atoms with Crippen LogP contribution >= 0.6 is 0 Å². The molecule has 0 heterocycles. The molecule has 1 saturated carbocycles. The smallest absolute Gasteiger partial charge is 0.263 e. The quantitative estimate of drug-likeness (QED) is 0.600. The van der Waals surface area contributed by atoms with Gasteiger partial charge >= 0.3 is 0 Å². The molecule has 0 aromatic carbocycles. The van der Waals surface area contributed by atoms with E-state index in [-0.39, 0.29) is 11.5 Å². The molecule has 4 heteroatoms. The minimum absolute atomic E-state index is 0.205. The average Bonchev–Trinajstić information content (AvgIpc) is 2.42. The van der Waals surface area contributed by atoms with E-state index in [4.69, 9.17) is 5.26 Å². The fourth-order valence-electron chi connectivity index (χ4n) is 2.27. The molecule has 0 saturated heterocycles. The largest absolute Gasteiger partial charge is 0.376 e. The molecule has 4 nitrogen and oxygen atoms in total. The van der Waals surface area contributed by atoms with Gasteiger partial charge in [0.2, 0.25) is 0 Å². The maximum atomic E-state index is 11.7. The lowest BCUT2D eigenvalue weighted by Gasteiger charge is -2.30. The number of amides is 1. The maximum Gasteiger partial charge on any atom is 0.263 e. The van der Waals surface area contributed by atoms with Crippen molar-refractivity contribution in [1.29, 1.82) is 5.26 Å². The van der Waals surface area contributed by atoms with Crippen molar-refractivity contribution in [3.63, 3.8) is 0 Å². The van der Waals surface area contributed by atoms with Gasteiger partial charge in [-0.05, 0) is 19.3 Å². The van der Waals surface area contributed by atoms with Crippen molar-refractivity contribution in [2.24, 2.45) is 0 Å². The van der Waals surface area contributed by atoms with Crippen LogP contribution in [-0.4, -0.2) is 30.4 Å². The SMILES string of the molecule is CCCNC(=O)/C(C#N)=C\N(C)C1CCCCC1. The Kier molecular flexibility index (Phi) is 6.27. The number of carbonyl (C=O) groups excluding carboxylic acids is 1. The van der Waals surface area contributed by atoms with Crippen LogP contribution < -0.4 is 5.32 Å². The number of nitriles is 1. The van der Waals surface area contributed by atoms with Crippen LogP contribution in [0.3, 0.4) is 0 Å². The molecule has 0 radical (unpaired) electrons. The van der Waals surface area contributed by atoms with E-state index in [1.807, 2.05) is 24.9 Å². The molecule has 0 aliphatic heterocycles. The van der Waals surface area contributed by atoms with Crippen LogP contribution in [0.15, 0.2) is 11.8 Å². The van der Waals surface area contributed by atoms with Crippen molar-refractivity contribution in [2.75, 3.05) is 13.6 Å². The molecule has 1 N–H and O–H groups in total. The molecular weight excluding hydrogens is 226 g/mol. The molecule has 1 aliphatic rings. The number of nitrogens with one attached hydrogen (secondary N) is 1. The Labute approximate surface area is 110 Å². The second-order valence-electron chi connectivity index (χ2n) is 4.87. The molecule has 1 aliphatic carbocycles. The summed E-state index contributed by atoms with van der Waals surface area (Å²) in [5.74, 6) is -0.262. The number of hydrogen-bond donors (Lipinski definition) is 1. The molecule has 1 rings (SSSR count). The summed E-state index contributed by atoms with van der Waals surface area (Å²) >= 11 is 0. The molecule has 1 amide bonds. The molecule has 0 unspecified atom stereocenters. The van der Waals surface area contributed by atoms with E-state index in [9.17, 15) is 4.79 Å². The Morgan fingerprint density at radius 1 is 1.44 bits per heavy atom. The van der Waals surface area contributed by atoms with Crippen LogP contribution in [0, 0.1) is 11.3 Å². The van der Waals surface area contributed by atoms with Crippen LogP contribution in [-0.2, 0) is 4.79 Å². The second kappa shape index (κ2) is 7.75. The van der Waals surface area contributed by atoms with Crippen molar-refractivity contribution in [3.8, 4) is 6.07 Å². The zero-order chi connectivity index (χ0) is 13.4. The van der Waals surface area contributed by atoms with Gasteiger partial charge in [-0.2, -0.15) is 5.26 Å². The van der Waals surface area contributed by atoms with Crippen molar-refractivity contribution in [1.82, 2.24) is 10.2 Å².